The van der Waals surface area contributed by atoms with Crippen molar-refractivity contribution in [3.63, 3.8) is 0 Å². The number of nitrogens with two attached hydrogens (primary N) is 1. The lowest BCUT2D eigenvalue weighted by molar-refractivity contribution is -0.114. The van der Waals surface area contributed by atoms with E-state index in [4.69, 9.17) is 10.2 Å². The molecule has 0 atom stereocenters. The zero-order chi connectivity index (χ0) is 13.1. The molecule has 0 spiro atoms. The van der Waals surface area contributed by atoms with Gasteiger partial charge in [-0.05, 0) is 31.6 Å². The molecule has 0 saturated carbocycles. The van der Waals surface area contributed by atoms with E-state index in [1.165, 1.54) is 5.56 Å². The fourth-order valence-electron chi connectivity index (χ4n) is 1.61. The van der Waals surface area contributed by atoms with E-state index < -0.39 is 5.91 Å². The first-order valence-corrected chi connectivity index (χ1v) is 5.70. The number of primary amides is 1. The van der Waals surface area contributed by atoms with Gasteiger partial charge in [-0.3, -0.25) is 4.79 Å². The summed E-state index contributed by atoms with van der Waals surface area (Å²) in [6, 6.07) is 10.1. The Hall–Kier alpha value is -2.29. The first-order chi connectivity index (χ1) is 8.56. The Balaban J connectivity index is 2.28. The molecule has 1 aromatic carbocycles. The van der Waals surface area contributed by atoms with E-state index in [-0.39, 0.29) is 0 Å². The molecule has 2 aromatic rings. The molecule has 0 radical (unpaired) electrons. The van der Waals surface area contributed by atoms with Gasteiger partial charge < -0.3 is 10.2 Å². The molecule has 0 saturated heterocycles. The fraction of sp³-hybridized carbons (Fsp3) is 0.133. The molecular formula is C15H15NO2. The molecule has 0 fully saturated rings. The second kappa shape index (κ2) is 4.92. The van der Waals surface area contributed by atoms with Crippen molar-refractivity contribution in [1.82, 2.24) is 0 Å². The van der Waals surface area contributed by atoms with Crippen molar-refractivity contribution in [2.75, 3.05) is 0 Å². The summed E-state index contributed by atoms with van der Waals surface area (Å²) in [5, 5.41) is 0. The van der Waals surface area contributed by atoms with Gasteiger partial charge in [-0.2, -0.15) is 0 Å². The Labute approximate surface area is 106 Å². The van der Waals surface area contributed by atoms with Crippen LogP contribution in [0.25, 0.3) is 17.2 Å². The minimum atomic E-state index is -0.441. The van der Waals surface area contributed by atoms with Gasteiger partial charge in [-0.15, -0.1) is 0 Å². The van der Waals surface area contributed by atoms with Crippen LogP contribution < -0.4 is 5.73 Å². The summed E-state index contributed by atoms with van der Waals surface area (Å²) in [7, 11) is 0. The average Bonchev–Trinajstić information content (AvgIpc) is 2.78. The quantitative estimate of drug-likeness (QED) is 0.839. The minimum absolute atomic E-state index is 0.441. The van der Waals surface area contributed by atoms with Crippen molar-refractivity contribution in [2.24, 2.45) is 5.73 Å². The Bertz CT molecular complexity index is 591. The molecule has 1 heterocycles. The molecule has 0 bridgehead atoms. The lowest BCUT2D eigenvalue weighted by atomic mass is 10.1. The van der Waals surface area contributed by atoms with Gasteiger partial charge in [-0.1, -0.05) is 29.8 Å². The van der Waals surface area contributed by atoms with Gasteiger partial charge in [-0.25, -0.2) is 0 Å². The smallest absolute Gasteiger partial charge is 0.244 e. The molecule has 3 nitrogen and oxygen atoms in total. The second-order valence-electron chi connectivity index (χ2n) is 4.30. The Kier molecular flexibility index (Phi) is 3.33. The summed E-state index contributed by atoms with van der Waals surface area (Å²) in [6.45, 7) is 3.71. The molecule has 0 unspecified atom stereocenters. The average molecular weight is 241 g/mol. The van der Waals surface area contributed by atoms with Crippen LogP contribution in [0.3, 0.4) is 0 Å². The predicted octanol–water partition coefficient (Wildman–Crippen LogP) is 3.14. The van der Waals surface area contributed by atoms with Crippen LogP contribution >= 0.6 is 0 Å². The molecule has 0 aliphatic rings. The van der Waals surface area contributed by atoms with Crippen molar-refractivity contribution >= 4 is 12.0 Å². The van der Waals surface area contributed by atoms with Crippen LogP contribution in [-0.2, 0) is 4.79 Å². The number of benzene rings is 1. The summed E-state index contributed by atoms with van der Waals surface area (Å²) in [4.78, 5) is 10.9. The highest BCUT2D eigenvalue weighted by atomic mass is 16.3. The summed E-state index contributed by atoms with van der Waals surface area (Å²) in [6.07, 6.45) is 3.31. The number of amides is 1. The van der Waals surface area contributed by atoms with Crippen molar-refractivity contribution in [1.29, 1.82) is 0 Å². The van der Waals surface area contributed by atoms with Crippen LogP contribution in [-0.4, -0.2) is 5.91 Å². The monoisotopic (exact) mass is 241 g/mol. The van der Waals surface area contributed by atoms with E-state index in [2.05, 4.69) is 0 Å². The van der Waals surface area contributed by atoms with Crippen molar-refractivity contribution in [3.8, 4) is 11.1 Å². The fourth-order valence-corrected chi connectivity index (χ4v) is 1.61. The van der Waals surface area contributed by atoms with Gasteiger partial charge in [0.1, 0.15) is 5.76 Å². The highest BCUT2D eigenvalue weighted by molar-refractivity contribution is 5.95. The summed E-state index contributed by atoms with van der Waals surface area (Å²) in [5.74, 6) is 0.185. The van der Waals surface area contributed by atoms with E-state index >= 15 is 0 Å². The van der Waals surface area contributed by atoms with Crippen LogP contribution in [0.1, 0.15) is 18.2 Å². The number of hydrogen-bond donors (Lipinski definition) is 1. The molecule has 1 amide bonds. The zero-order valence-corrected chi connectivity index (χ0v) is 10.4. The maximum absolute atomic E-state index is 10.9. The van der Waals surface area contributed by atoms with E-state index in [0.29, 0.717) is 11.3 Å². The third kappa shape index (κ3) is 2.69. The zero-order valence-electron chi connectivity index (χ0n) is 10.4. The van der Waals surface area contributed by atoms with E-state index in [9.17, 15) is 4.79 Å². The highest BCUT2D eigenvalue weighted by Gasteiger charge is 2.04. The number of carbonyl (C=O) groups excluding carboxylic acids is 1. The van der Waals surface area contributed by atoms with E-state index in [1.807, 2.05) is 37.3 Å². The van der Waals surface area contributed by atoms with Crippen LogP contribution in [0.4, 0.5) is 0 Å². The molecule has 1 aromatic heterocycles. The molecule has 92 valence electrons. The predicted molar refractivity (Wildman–Crippen MR) is 71.7 cm³/mol. The first kappa shape index (κ1) is 12.2. The SMILES string of the molecule is C/C(=C\c1cc(-c2ccc(C)cc2)co1)C(N)=O. The molecule has 3 heteroatoms. The summed E-state index contributed by atoms with van der Waals surface area (Å²) in [5.41, 5.74) is 8.93. The lowest BCUT2D eigenvalue weighted by Gasteiger charge is -1.96. The van der Waals surface area contributed by atoms with Crippen molar-refractivity contribution < 1.29 is 9.21 Å². The molecule has 0 aliphatic carbocycles. The number of rotatable bonds is 3. The number of carbonyl (C=O) groups is 1. The van der Waals surface area contributed by atoms with E-state index in [0.717, 1.165) is 11.1 Å². The van der Waals surface area contributed by atoms with Crippen LogP contribution in [0, 0.1) is 6.92 Å². The number of aryl methyl sites for hydroxylation is 1. The highest BCUT2D eigenvalue weighted by Crippen LogP contribution is 2.23. The first-order valence-electron chi connectivity index (χ1n) is 5.70. The normalized spacial score (nSPS) is 11.6. The van der Waals surface area contributed by atoms with Crippen LogP contribution in [0.2, 0.25) is 0 Å². The maximum atomic E-state index is 10.9. The van der Waals surface area contributed by atoms with Crippen LogP contribution in [0.5, 0.6) is 0 Å². The van der Waals surface area contributed by atoms with Gasteiger partial charge in [0.2, 0.25) is 5.91 Å². The maximum Gasteiger partial charge on any atom is 0.244 e. The Morgan fingerprint density at radius 2 is 1.89 bits per heavy atom. The van der Waals surface area contributed by atoms with Gasteiger partial charge in [0.05, 0.1) is 6.26 Å². The third-order valence-corrected chi connectivity index (χ3v) is 2.75. The molecular weight excluding hydrogens is 226 g/mol. The standard InChI is InChI=1S/C15H15NO2/c1-10-3-5-12(6-4-10)13-8-14(18-9-13)7-11(2)15(16)17/h3-9H,1-2H3,(H2,16,17)/b11-7+. The van der Waals surface area contributed by atoms with E-state index in [1.54, 1.807) is 19.3 Å². The second-order valence-corrected chi connectivity index (χ2v) is 4.30. The number of furan rings is 1. The number of hydrogen-bond acceptors (Lipinski definition) is 2. The van der Waals surface area contributed by atoms with Gasteiger partial charge in [0.15, 0.2) is 0 Å². The molecule has 0 aliphatic heterocycles. The summed E-state index contributed by atoms with van der Waals surface area (Å²) >= 11 is 0. The Morgan fingerprint density at radius 1 is 1.22 bits per heavy atom. The van der Waals surface area contributed by atoms with Crippen LogP contribution in [0.15, 0.2) is 46.6 Å². The lowest BCUT2D eigenvalue weighted by Crippen LogP contribution is -2.11. The molecule has 18 heavy (non-hydrogen) atoms. The third-order valence-electron chi connectivity index (χ3n) is 2.75. The van der Waals surface area contributed by atoms with Gasteiger partial charge in [0, 0.05) is 11.1 Å². The molecule has 2 rings (SSSR count). The summed E-state index contributed by atoms with van der Waals surface area (Å²) < 4.78 is 5.39. The van der Waals surface area contributed by atoms with Gasteiger partial charge in [0.25, 0.3) is 0 Å². The van der Waals surface area contributed by atoms with Gasteiger partial charge >= 0.3 is 0 Å². The van der Waals surface area contributed by atoms with Crippen molar-refractivity contribution in [2.45, 2.75) is 13.8 Å². The van der Waals surface area contributed by atoms with Crippen molar-refractivity contribution in [3.05, 3.63) is 53.5 Å². The largest absolute Gasteiger partial charge is 0.464 e. The molecule has 2 N–H and O–H groups in total. The topological polar surface area (TPSA) is 56.2 Å². The minimum Gasteiger partial charge on any atom is -0.464 e. The Morgan fingerprint density at radius 3 is 2.50 bits per heavy atom.